The van der Waals surface area contributed by atoms with Crippen LogP contribution in [0.5, 0.6) is 5.75 Å². The first-order valence-electron chi connectivity index (χ1n) is 7.26. The number of benzene rings is 2. The van der Waals surface area contributed by atoms with E-state index in [0.717, 1.165) is 5.56 Å². The van der Waals surface area contributed by atoms with Crippen molar-refractivity contribution in [3.05, 3.63) is 65.5 Å². The summed E-state index contributed by atoms with van der Waals surface area (Å²) in [7, 11) is 1.88. The van der Waals surface area contributed by atoms with Gasteiger partial charge in [-0.25, -0.2) is 4.39 Å². The van der Waals surface area contributed by atoms with Gasteiger partial charge in [-0.3, -0.25) is 0 Å². The third-order valence-corrected chi connectivity index (χ3v) is 3.60. The third kappa shape index (κ3) is 4.05. The molecule has 0 aliphatic heterocycles. The molecule has 3 heteroatoms. The van der Waals surface area contributed by atoms with Gasteiger partial charge in [0.2, 0.25) is 0 Å². The highest BCUT2D eigenvalue weighted by Crippen LogP contribution is 2.21. The summed E-state index contributed by atoms with van der Waals surface area (Å²) < 4.78 is 19.1. The number of likely N-dealkylation sites (N-methyl/N-ethyl adjacent to an activating group) is 1. The minimum absolute atomic E-state index is 0.0332. The molecule has 1 unspecified atom stereocenters. The van der Waals surface area contributed by atoms with Gasteiger partial charge in [0, 0.05) is 0 Å². The molecule has 0 amide bonds. The molecule has 21 heavy (non-hydrogen) atoms. The van der Waals surface area contributed by atoms with E-state index in [1.807, 2.05) is 7.05 Å². The highest BCUT2D eigenvalue weighted by molar-refractivity contribution is 5.28. The average molecular weight is 287 g/mol. The Balaban J connectivity index is 2.04. The molecule has 0 saturated heterocycles. The fourth-order valence-corrected chi connectivity index (χ4v) is 2.19. The summed E-state index contributed by atoms with van der Waals surface area (Å²) in [5.74, 6) is 0.473. The third-order valence-electron chi connectivity index (χ3n) is 3.60. The first-order valence-corrected chi connectivity index (χ1v) is 7.26. The molecule has 2 rings (SSSR count). The molecule has 2 aromatic carbocycles. The Labute approximate surface area is 126 Å². The van der Waals surface area contributed by atoms with Crippen LogP contribution in [-0.4, -0.2) is 13.7 Å². The number of hydrogen-bond acceptors (Lipinski definition) is 2. The van der Waals surface area contributed by atoms with Crippen LogP contribution >= 0.6 is 0 Å². The van der Waals surface area contributed by atoms with Crippen molar-refractivity contribution in [2.75, 3.05) is 13.7 Å². The molecule has 1 N–H and O–H groups in total. The smallest absolute Gasteiger partial charge is 0.165 e. The van der Waals surface area contributed by atoms with E-state index >= 15 is 0 Å². The summed E-state index contributed by atoms with van der Waals surface area (Å²) in [6.45, 7) is 4.73. The van der Waals surface area contributed by atoms with Crippen LogP contribution in [0.3, 0.4) is 0 Å². The number of hydrogen-bond donors (Lipinski definition) is 1. The molecular weight excluding hydrogens is 265 g/mol. The molecule has 0 saturated carbocycles. The van der Waals surface area contributed by atoms with E-state index in [0.29, 0.717) is 12.5 Å². The number of para-hydroxylation sites is 1. The number of nitrogens with one attached hydrogen (secondary N) is 1. The van der Waals surface area contributed by atoms with E-state index in [2.05, 4.69) is 43.4 Å². The van der Waals surface area contributed by atoms with Crippen molar-refractivity contribution in [1.29, 1.82) is 0 Å². The zero-order chi connectivity index (χ0) is 15.2. The van der Waals surface area contributed by atoms with Gasteiger partial charge in [0.25, 0.3) is 0 Å². The van der Waals surface area contributed by atoms with Gasteiger partial charge in [-0.2, -0.15) is 0 Å². The Bertz CT molecular complexity index is 566. The van der Waals surface area contributed by atoms with E-state index < -0.39 is 0 Å². The number of ether oxygens (including phenoxy) is 1. The molecule has 0 aliphatic carbocycles. The summed E-state index contributed by atoms with van der Waals surface area (Å²) in [6, 6.07) is 15.0. The summed E-state index contributed by atoms with van der Waals surface area (Å²) in [5, 5.41) is 3.21. The van der Waals surface area contributed by atoms with E-state index in [-0.39, 0.29) is 17.6 Å². The van der Waals surface area contributed by atoms with Crippen LogP contribution in [0, 0.1) is 5.82 Å². The highest BCUT2D eigenvalue weighted by atomic mass is 19.1. The monoisotopic (exact) mass is 287 g/mol. The lowest BCUT2D eigenvalue weighted by molar-refractivity contribution is 0.261. The Morgan fingerprint density at radius 3 is 2.19 bits per heavy atom. The first kappa shape index (κ1) is 15.5. The molecule has 0 bridgehead atoms. The largest absolute Gasteiger partial charge is 0.489 e. The molecule has 2 aromatic rings. The zero-order valence-corrected chi connectivity index (χ0v) is 12.8. The Hall–Kier alpha value is -1.87. The predicted octanol–water partition coefficient (Wildman–Crippen LogP) is 4.29. The van der Waals surface area contributed by atoms with Crippen LogP contribution in [0.15, 0.2) is 48.5 Å². The van der Waals surface area contributed by atoms with Crippen LogP contribution in [-0.2, 0) is 0 Å². The van der Waals surface area contributed by atoms with Crippen molar-refractivity contribution in [1.82, 2.24) is 5.32 Å². The molecule has 2 nitrogen and oxygen atoms in total. The van der Waals surface area contributed by atoms with Gasteiger partial charge >= 0.3 is 0 Å². The molecular formula is C18H22FNO. The van der Waals surface area contributed by atoms with Gasteiger partial charge in [0.15, 0.2) is 11.6 Å². The van der Waals surface area contributed by atoms with Crippen molar-refractivity contribution in [3.8, 4) is 5.75 Å². The lowest BCUT2D eigenvalue weighted by Gasteiger charge is -2.18. The van der Waals surface area contributed by atoms with Crippen molar-refractivity contribution >= 4 is 0 Å². The van der Waals surface area contributed by atoms with Crippen LogP contribution in [0.4, 0.5) is 4.39 Å². The highest BCUT2D eigenvalue weighted by Gasteiger charge is 2.12. The van der Waals surface area contributed by atoms with E-state index in [1.54, 1.807) is 18.2 Å². The van der Waals surface area contributed by atoms with Crippen LogP contribution in [0.1, 0.15) is 36.9 Å². The zero-order valence-electron chi connectivity index (χ0n) is 12.8. The number of rotatable bonds is 6. The second-order valence-electron chi connectivity index (χ2n) is 5.40. The lowest BCUT2D eigenvalue weighted by atomic mass is 9.99. The minimum atomic E-state index is -0.331. The Kier molecular flexibility index (Phi) is 5.34. The van der Waals surface area contributed by atoms with Gasteiger partial charge in [0.1, 0.15) is 6.61 Å². The summed E-state index contributed by atoms with van der Waals surface area (Å²) in [5.41, 5.74) is 2.45. The Morgan fingerprint density at radius 1 is 1.00 bits per heavy atom. The van der Waals surface area contributed by atoms with Crippen molar-refractivity contribution < 1.29 is 9.13 Å². The quantitative estimate of drug-likeness (QED) is 0.856. The lowest BCUT2D eigenvalue weighted by Crippen LogP contribution is -2.23. The molecule has 0 aliphatic rings. The molecule has 0 aromatic heterocycles. The second kappa shape index (κ2) is 7.23. The van der Waals surface area contributed by atoms with Crippen LogP contribution < -0.4 is 10.1 Å². The fourth-order valence-electron chi connectivity index (χ4n) is 2.19. The summed E-state index contributed by atoms with van der Waals surface area (Å²) >= 11 is 0. The van der Waals surface area contributed by atoms with Crippen LogP contribution in [0.2, 0.25) is 0 Å². The molecule has 0 spiro atoms. The van der Waals surface area contributed by atoms with Gasteiger partial charge in [-0.1, -0.05) is 50.2 Å². The van der Waals surface area contributed by atoms with E-state index in [1.165, 1.54) is 11.6 Å². The van der Waals surface area contributed by atoms with E-state index in [4.69, 9.17) is 4.74 Å². The van der Waals surface area contributed by atoms with Crippen molar-refractivity contribution in [3.63, 3.8) is 0 Å². The van der Waals surface area contributed by atoms with Gasteiger partial charge in [0.05, 0.1) is 6.04 Å². The molecule has 0 fully saturated rings. The van der Waals surface area contributed by atoms with Crippen molar-refractivity contribution in [2.24, 2.45) is 0 Å². The topological polar surface area (TPSA) is 21.3 Å². The normalized spacial score (nSPS) is 12.4. The van der Waals surface area contributed by atoms with Crippen LogP contribution in [0.25, 0.3) is 0 Å². The Morgan fingerprint density at radius 2 is 1.62 bits per heavy atom. The fraction of sp³-hybridized carbons (Fsp3) is 0.333. The molecule has 0 heterocycles. The summed E-state index contributed by atoms with van der Waals surface area (Å²) in [4.78, 5) is 0. The maximum atomic E-state index is 13.5. The maximum Gasteiger partial charge on any atom is 0.165 e. The predicted molar refractivity (Wildman–Crippen MR) is 84.2 cm³/mol. The summed E-state index contributed by atoms with van der Waals surface area (Å²) in [6.07, 6.45) is 0. The van der Waals surface area contributed by atoms with E-state index in [9.17, 15) is 4.39 Å². The maximum absolute atomic E-state index is 13.5. The standard InChI is InChI=1S/C18H22FNO/c1-13(2)14-8-10-15(11-9-14)17(20-3)12-21-18-7-5-4-6-16(18)19/h4-11,13,17,20H,12H2,1-3H3. The molecule has 1 atom stereocenters. The average Bonchev–Trinajstić information content (AvgIpc) is 2.50. The van der Waals surface area contributed by atoms with Crippen molar-refractivity contribution in [2.45, 2.75) is 25.8 Å². The van der Waals surface area contributed by atoms with Gasteiger partial charge in [-0.05, 0) is 36.2 Å². The van der Waals surface area contributed by atoms with Gasteiger partial charge < -0.3 is 10.1 Å². The molecule has 112 valence electrons. The second-order valence-corrected chi connectivity index (χ2v) is 5.40. The molecule has 0 radical (unpaired) electrons. The minimum Gasteiger partial charge on any atom is -0.489 e. The first-order chi connectivity index (χ1) is 10.1. The number of halogens is 1. The SMILES string of the molecule is CNC(COc1ccccc1F)c1ccc(C(C)C)cc1. The van der Waals surface area contributed by atoms with Gasteiger partial charge in [-0.15, -0.1) is 0 Å².